The Kier molecular flexibility index (Phi) is 5.44. The summed E-state index contributed by atoms with van der Waals surface area (Å²) in [5, 5.41) is 13.0. The number of hydrogen-bond donors (Lipinski definition) is 2. The van der Waals surface area contributed by atoms with Crippen LogP contribution >= 0.6 is 11.6 Å². The maximum absolute atomic E-state index is 12.1. The van der Waals surface area contributed by atoms with Crippen molar-refractivity contribution in [2.75, 3.05) is 13.2 Å². The molecule has 1 aliphatic rings. The van der Waals surface area contributed by atoms with Gasteiger partial charge in [-0.05, 0) is 55.4 Å². The molecule has 1 fully saturated rings. The van der Waals surface area contributed by atoms with Crippen LogP contribution in [-0.2, 0) is 0 Å². The van der Waals surface area contributed by atoms with Gasteiger partial charge in [-0.1, -0.05) is 24.4 Å². The number of hydrogen-bond acceptors (Lipinski definition) is 2. The van der Waals surface area contributed by atoms with E-state index in [4.69, 9.17) is 11.6 Å². The SMILES string of the molecule is Cc1cc(C(=O)NCC2CCCCC2CO)ccc1Cl. The number of nitrogens with one attached hydrogen (secondary N) is 1. The molecule has 0 radical (unpaired) electrons. The maximum Gasteiger partial charge on any atom is 0.251 e. The topological polar surface area (TPSA) is 49.3 Å². The first-order valence-corrected chi connectivity index (χ1v) is 7.65. The summed E-state index contributed by atoms with van der Waals surface area (Å²) in [7, 11) is 0. The van der Waals surface area contributed by atoms with Crippen molar-refractivity contribution in [1.29, 1.82) is 0 Å². The highest BCUT2D eigenvalue weighted by atomic mass is 35.5. The summed E-state index contributed by atoms with van der Waals surface area (Å²) in [6.07, 6.45) is 4.53. The highest BCUT2D eigenvalue weighted by molar-refractivity contribution is 6.31. The quantitative estimate of drug-likeness (QED) is 0.896. The molecule has 2 N–H and O–H groups in total. The van der Waals surface area contributed by atoms with E-state index in [1.807, 2.05) is 13.0 Å². The average Bonchev–Trinajstić information content (AvgIpc) is 2.47. The Morgan fingerprint density at radius 2 is 2.05 bits per heavy atom. The van der Waals surface area contributed by atoms with Gasteiger partial charge in [-0.2, -0.15) is 0 Å². The zero-order valence-corrected chi connectivity index (χ0v) is 12.6. The lowest BCUT2D eigenvalue weighted by Gasteiger charge is -2.30. The summed E-state index contributed by atoms with van der Waals surface area (Å²) in [6, 6.07) is 5.31. The predicted molar refractivity (Wildman–Crippen MR) is 81.1 cm³/mol. The number of aliphatic hydroxyl groups is 1. The molecule has 0 saturated heterocycles. The van der Waals surface area contributed by atoms with Crippen LogP contribution in [0.15, 0.2) is 18.2 Å². The number of carbonyl (C=O) groups is 1. The summed E-state index contributed by atoms with van der Waals surface area (Å²) >= 11 is 5.96. The largest absolute Gasteiger partial charge is 0.396 e. The Bertz CT molecular complexity index is 476. The predicted octanol–water partition coefficient (Wildman–Crippen LogP) is 3.18. The molecule has 0 bridgehead atoms. The minimum absolute atomic E-state index is 0.0629. The van der Waals surface area contributed by atoms with E-state index in [0.29, 0.717) is 29.0 Å². The number of benzene rings is 1. The first-order chi connectivity index (χ1) is 9.61. The lowest BCUT2D eigenvalue weighted by Crippen LogP contribution is -2.35. The normalized spacial score (nSPS) is 22.6. The lowest BCUT2D eigenvalue weighted by molar-refractivity contribution is 0.0909. The minimum atomic E-state index is -0.0629. The highest BCUT2D eigenvalue weighted by Crippen LogP contribution is 2.29. The molecule has 1 amide bonds. The molecule has 0 heterocycles. The molecular weight excluding hydrogens is 274 g/mol. The van der Waals surface area contributed by atoms with Gasteiger partial charge in [-0.15, -0.1) is 0 Å². The molecule has 20 heavy (non-hydrogen) atoms. The summed E-state index contributed by atoms with van der Waals surface area (Å²) in [4.78, 5) is 12.1. The number of rotatable bonds is 4. The van der Waals surface area contributed by atoms with Gasteiger partial charge in [-0.25, -0.2) is 0 Å². The second-order valence-corrected chi connectivity index (χ2v) is 6.07. The number of amides is 1. The number of aryl methyl sites for hydroxylation is 1. The van der Waals surface area contributed by atoms with E-state index in [-0.39, 0.29) is 12.5 Å². The molecule has 1 aromatic rings. The third-order valence-corrected chi connectivity index (χ3v) is 4.67. The van der Waals surface area contributed by atoms with Crippen LogP contribution in [0.5, 0.6) is 0 Å². The fraction of sp³-hybridized carbons (Fsp3) is 0.562. The van der Waals surface area contributed by atoms with Crippen LogP contribution in [-0.4, -0.2) is 24.2 Å². The Hall–Kier alpha value is -1.06. The molecule has 1 aromatic carbocycles. The van der Waals surface area contributed by atoms with Gasteiger partial charge in [-0.3, -0.25) is 4.79 Å². The van der Waals surface area contributed by atoms with Gasteiger partial charge in [0.05, 0.1) is 0 Å². The van der Waals surface area contributed by atoms with Crippen LogP contribution in [0, 0.1) is 18.8 Å². The fourth-order valence-corrected chi connectivity index (χ4v) is 3.02. The molecule has 4 heteroatoms. The van der Waals surface area contributed by atoms with Crippen LogP contribution in [0.2, 0.25) is 5.02 Å². The Balaban J connectivity index is 1.92. The average molecular weight is 296 g/mol. The van der Waals surface area contributed by atoms with E-state index in [1.165, 1.54) is 12.8 Å². The van der Waals surface area contributed by atoms with E-state index in [9.17, 15) is 9.90 Å². The lowest BCUT2D eigenvalue weighted by atomic mass is 9.79. The van der Waals surface area contributed by atoms with Crippen molar-refractivity contribution in [1.82, 2.24) is 5.32 Å². The van der Waals surface area contributed by atoms with Crippen LogP contribution in [0.1, 0.15) is 41.6 Å². The van der Waals surface area contributed by atoms with Gasteiger partial charge in [0.15, 0.2) is 0 Å². The zero-order chi connectivity index (χ0) is 14.5. The second-order valence-electron chi connectivity index (χ2n) is 5.66. The standard InChI is InChI=1S/C16H22ClNO2/c1-11-8-12(6-7-15(11)17)16(20)18-9-13-4-2-3-5-14(13)10-19/h6-8,13-14,19H,2-5,9-10H2,1H3,(H,18,20). The fourth-order valence-electron chi connectivity index (χ4n) is 2.91. The van der Waals surface area contributed by atoms with E-state index in [2.05, 4.69) is 5.32 Å². The first kappa shape index (κ1) is 15.3. The molecule has 2 rings (SSSR count). The molecule has 0 spiro atoms. The second kappa shape index (κ2) is 7.09. The molecule has 2 atom stereocenters. The Morgan fingerprint density at radius 1 is 1.35 bits per heavy atom. The number of halogens is 1. The van der Waals surface area contributed by atoms with Gasteiger partial charge in [0.2, 0.25) is 0 Å². The van der Waals surface area contributed by atoms with E-state index >= 15 is 0 Å². The zero-order valence-electron chi connectivity index (χ0n) is 11.9. The number of aliphatic hydroxyl groups excluding tert-OH is 1. The van der Waals surface area contributed by atoms with Crippen molar-refractivity contribution in [2.45, 2.75) is 32.6 Å². The van der Waals surface area contributed by atoms with Crippen molar-refractivity contribution in [3.05, 3.63) is 34.3 Å². The van der Waals surface area contributed by atoms with Crippen molar-refractivity contribution in [3.8, 4) is 0 Å². The third-order valence-electron chi connectivity index (χ3n) is 4.25. The Morgan fingerprint density at radius 3 is 2.70 bits per heavy atom. The molecule has 2 unspecified atom stereocenters. The van der Waals surface area contributed by atoms with Gasteiger partial charge in [0.1, 0.15) is 0 Å². The monoisotopic (exact) mass is 295 g/mol. The van der Waals surface area contributed by atoms with Crippen molar-refractivity contribution in [2.24, 2.45) is 11.8 Å². The third kappa shape index (κ3) is 3.74. The van der Waals surface area contributed by atoms with Crippen molar-refractivity contribution < 1.29 is 9.90 Å². The smallest absolute Gasteiger partial charge is 0.251 e. The molecule has 0 aliphatic heterocycles. The van der Waals surface area contributed by atoms with Gasteiger partial charge in [0, 0.05) is 23.7 Å². The first-order valence-electron chi connectivity index (χ1n) is 7.27. The van der Waals surface area contributed by atoms with E-state index in [0.717, 1.165) is 18.4 Å². The Labute approximate surface area is 125 Å². The van der Waals surface area contributed by atoms with Crippen LogP contribution < -0.4 is 5.32 Å². The molecule has 110 valence electrons. The van der Waals surface area contributed by atoms with Crippen LogP contribution in [0.4, 0.5) is 0 Å². The van der Waals surface area contributed by atoms with Gasteiger partial charge < -0.3 is 10.4 Å². The van der Waals surface area contributed by atoms with E-state index < -0.39 is 0 Å². The highest BCUT2D eigenvalue weighted by Gasteiger charge is 2.24. The van der Waals surface area contributed by atoms with Crippen LogP contribution in [0.25, 0.3) is 0 Å². The molecule has 1 saturated carbocycles. The summed E-state index contributed by atoms with van der Waals surface area (Å²) in [5.41, 5.74) is 1.55. The summed E-state index contributed by atoms with van der Waals surface area (Å²) < 4.78 is 0. The summed E-state index contributed by atoms with van der Waals surface area (Å²) in [5.74, 6) is 0.661. The van der Waals surface area contributed by atoms with Crippen molar-refractivity contribution in [3.63, 3.8) is 0 Å². The molecule has 0 aromatic heterocycles. The minimum Gasteiger partial charge on any atom is -0.396 e. The molecular formula is C16H22ClNO2. The van der Waals surface area contributed by atoms with Gasteiger partial charge >= 0.3 is 0 Å². The van der Waals surface area contributed by atoms with Crippen molar-refractivity contribution >= 4 is 17.5 Å². The molecule has 3 nitrogen and oxygen atoms in total. The van der Waals surface area contributed by atoms with Gasteiger partial charge in [0.25, 0.3) is 5.91 Å². The van der Waals surface area contributed by atoms with Crippen LogP contribution in [0.3, 0.4) is 0 Å². The maximum atomic E-state index is 12.1. The summed E-state index contributed by atoms with van der Waals surface area (Å²) in [6.45, 7) is 2.76. The van der Waals surface area contributed by atoms with E-state index in [1.54, 1.807) is 12.1 Å². The molecule has 1 aliphatic carbocycles. The number of carbonyl (C=O) groups excluding carboxylic acids is 1.